The summed E-state index contributed by atoms with van der Waals surface area (Å²) in [4.78, 5) is 60.3. The number of ketones is 2. The Balaban J connectivity index is 1.45. The van der Waals surface area contributed by atoms with Gasteiger partial charge in [-0.05, 0) is 89.3 Å². The van der Waals surface area contributed by atoms with Crippen molar-refractivity contribution in [2.24, 2.45) is 23.7 Å². The normalized spacial score (nSPS) is 18.8. The molecule has 0 fully saturated rings. The van der Waals surface area contributed by atoms with E-state index >= 15 is 0 Å². The van der Waals surface area contributed by atoms with Gasteiger partial charge in [-0.3, -0.25) is 24.2 Å². The summed E-state index contributed by atoms with van der Waals surface area (Å²) < 4.78 is 29.1. The van der Waals surface area contributed by atoms with Crippen LogP contribution in [0.4, 0.5) is 8.78 Å². The number of aromatic nitrogens is 1. The zero-order valence-electron chi connectivity index (χ0n) is 30.4. The maximum absolute atomic E-state index is 14.8. The van der Waals surface area contributed by atoms with Crippen molar-refractivity contribution in [1.29, 1.82) is 0 Å². The van der Waals surface area contributed by atoms with E-state index in [1.165, 1.54) is 18.2 Å². The first-order valence-corrected chi connectivity index (χ1v) is 18.7. The molecule has 276 valence electrons. The molecule has 5 rings (SSSR count). The van der Waals surface area contributed by atoms with Crippen LogP contribution in [-0.4, -0.2) is 33.9 Å². The van der Waals surface area contributed by atoms with Crippen molar-refractivity contribution in [3.05, 3.63) is 105 Å². The highest BCUT2D eigenvalue weighted by molar-refractivity contribution is 6.31. The molecular weight excluding hydrogens is 684 g/mol. The summed E-state index contributed by atoms with van der Waals surface area (Å²) >= 11 is 6.49. The van der Waals surface area contributed by atoms with Gasteiger partial charge in [-0.2, -0.15) is 0 Å². The largest absolute Gasteiger partial charge is 0.352 e. The molecule has 1 heterocycles. The van der Waals surface area contributed by atoms with Crippen LogP contribution in [0.3, 0.4) is 0 Å². The summed E-state index contributed by atoms with van der Waals surface area (Å²) in [6.45, 7) is 8.01. The van der Waals surface area contributed by atoms with Gasteiger partial charge in [0.1, 0.15) is 23.0 Å². The molecule has 2 aromatic carbocycles. The van der Waals surface area contributed by atoms with Crippen LogP contribution in [0.1, 0.15) is 94.9 Å². The minimum absolute atomic E-state index is 0.113. The van der Waals surface area contributed by atoms with Crippen molar-refractivity contribution in [2.45, 2.75) is 97.6 Å². The topological polar surface area (TPSA) is 105 Å². The Morgan fingerprint density at radius 2 is 1.60 bits per heavy atom. The van der Waals surface area contributed by atoms with Crippen molar-refractivity contribution >= 4 is 40.6 Å². The molecule has 0 saturated carbocycles. The van der Waals surface area contributed by atoms with Gasteiger partial charge in [-0.15, -0.1) is 0 Å². The molecule has 2 unspecified atom stereocenters. The summed E-state index contributed by atoms with van der Waals surface area (Å²) in [7, 11) is 0. The zero-order chi connectivity index (χ0) is 37.6. The average molecular weight is 732 g/mol. The third-order valence-corrected chi connectivity index (χ3v) is 11.6. The van der Waals surface area contributed by atoms with E-state index in [1.807, 2.05) is 39.8 Å². The molecule has 2 amide bonds. The third kappa shape index (κ3) is 8.85. The molecule has 10 heteroatoms. The maximum Gasteiger partial charge on any atom is 0.224 e. The first kappa shape index (κ1) is 39.0. The zero-order valence-corrected chi connectivity index (χ0v) is 31.1. The summed E-state index contributed by atoms with van der Waals surface area (Å²) in [6.07, 6.45) is 5.56. The highest BCUT2D eigenvalue weighted by atomic mass is 35.5. The fraction of sp³-hybridized carbons (Fsp3) is 0.452. The molecule has 1 aromatic heterocycles. The number of rotatable bonds is 16. The number of pyridine rings is 1. The van der Waals surface area contributed by atoms with Gasteiger partial charge < -0.3 is 10.6 Å². The maximum atomic E-state index is 14.8. The SMILES string of the molecule is CCC(C)[C@H](CC(=O)[C@]1(NC(=O)[C@@H](CC(=O)Cc2ccccc2F)C(C)CC)CCC2=C(C1)c1cc(F)cc(Cl)c1C2)C(=O)NCc1ccncc1. The molecule has 0 saturated heterocycles. The highest BCUT2D eigenvalue weighted by Gasteiger charge is 2.47. The predicted octanol–water partition coefficient (Wildman–Crippen LogP) is 8.16. The van der Waals surface area contributed by atoms with Gasteiger partial charge in [-0.1, -0.05) is 75.9 Å². The molecule has 52 heavy (non-hydrogen) atoms. The number of Topliss-reactive ketones (excluding diaryl/α,β-unsaturated/α-hetero) is 2. The molecule has 2 aliphatic carbocycles. The molecule has 0 aliphatic heterocycles. The van der Waals surface area contributed by atoms with Crippen molar-refractivity contribution in [2.75, 3.05) is 0 Å². The lowest BCUT2D eigenvalue weighted by atomic mass is 9.71. The van der Waals surface area contributed by atoms with E-state index < -0.39 is 34.9 Å². The lowest BCUT2D eigenvalue weighted by molar-refractivity contribution is -0.139. The fourth-order valence-corrected chi connectivity index (χ4v) is 7.85. The Labute approximate surface area is 310 Å². The summed E-state index contributed by atoms with van der Waals surface area (Å²) in [5.41, 5.74) is 3.00. The number of fused-ring (bicyclic) bond motifs is 2. The van der Waals surface area contributed by atoms with E-state index in [2.05, 4.69) is 15.6 Å². The Morgan fingerprint density at radius 1 is 0.923 bits per heavy atom. The number of carbonyl (C=O) groups excluding carboxylic acids is 4. The van der Waals surface area contributed by atoms with Gasteiger partial charge in [0, 0.05) is 61.5 Å². The highest BCUT2D eigenvalue weighted by Crippen LogP contribution is 2.48. The van der Waals surface area contributed by atoms with Crippen molar-refractivity contribution < 1.29 is 28.0 Å². The lowest BCUT2D eigenvalue weighted by Gasteiger charge is -2.40. The van der Waals surface area contributed by atoms with Gasteiger partial charge >= 0.3 is 0 Å². The van der Waals surface area contributed by atoms with Gasteiger partial charge in [-0.25, -0.2) is 8.78 Å². The van der Waals surface area contributed by atoms with Crippen LogP contribution in [0.2, 0.25) is 5.02 Å². The van der Waals surface area contributed by atoms with E-state index in [4.69, 9.17) is 11.6 Å². The number of hydrogen-bond acceptors (Lipinski definition) is 5. The second-order valence-electron chi connectivity index (χ2n) is 14.6. The summed E-state index contributed by atoms with van der Waals surface area (Å²) in [6, 6.07) is 12.4. The number of benzene rings is 2. The third-order valence-electron chi connectivity index (χ3n) is 11.3. The molecule has 7 nitrogen and oxygen atoms in total. The molecular formula is C42H48ClF2N3O4. The van der Waals surface area contributed by atoms with Crippen LogP contribution in [0.15, 0.2) is 66.5 Å². The Hall–Kier alpha value is -4.24. The average Bonchev–Trinajstić information content (AvgIpc) is 3.50. The Bertz CT molecular complexity index is 1850. The number of amides is 2. The molecule has 5 atom stereocenters. The number of nitrogens with one attached hydrogen (secondary N) is 2. The van der Waals surface area contributed by atoms with Gasteiger partial charge in [0.25, 0.3) is 0 Å². The minimum atomic E-state index is -1.41. The minimum Gasteiger partial charge on any atom is -0.352 e. The van der Waals surface area contributed by atoms with Gasteiger partial charge in [0.15, 0.2) is 5.78 Å². The predicted molar refractivity (Wildman–Crippen MR) is 198 cm³/mol. The number of allylic oxidation sites excluding steroid dienone is 1. The van der Waals surface area contributed by atoms with Crippen LogP contribution in [0.5, 0.6) is 0 Å². The monoisotopic (exact) mass is 731 g/mol. The van der Waals surface area contributed by atoms with Crippen LogP contribution >= 0.6 is 11.6 Å². The lowest BCUT2D eigenvalue weighted by Crippen LogP contribution is -2.58. The molecule has 0 spiro atoms. The van der Waals surface area contributed by atoms with Crippen molar-refractivity contribution in [3.63, 3.8) is 0 Å². The van der Waals surface area contributed by atoms with E-state index in [0.717, 1.165) is 22.3 Å². The molecule has 3 aromatic rings. The first-order valence-electron chi connectivity index (χ1n) is 18.3. The Kier molecular flexibility index (Phi) is 12.8. The quantitative estimate of drug-likeness (QED) is 0.155. The van der Waals surface area contributed by atoms with Crippen LogP contribution in [-0.2, 0) is 38.6 Å². The van der Waals surface area contributed by atoms with Gasteiger partial charge in [0.05, 0.1) is 0 Å². The van der Waals surface area contributed by atoms with E-state index in [1.54, 1.807) is 30.6 Å². The molecule has 0 radical (unpaired) electrons. The van der Waals surface area contributed by atoms with Crippen molar-refractivity contribution in [1.82, 2.24) is 15.6 Å². The second-order valence-corrected chi connectivity index (χ2v) is 15.0. The molecule has 0 bridgehead atoms. The molecule has 2 N–H and O–H groups in total. The van der Waals surface area contributed by atoms with Crippen LogP contribution < -0.4 is 10.6 Å². The van der Waals surface area contributed by atoms with Crippen LogP contribution in [0.25, 0.3) is 5.57 Å². The number of hydrogen-bond donors (Lipinski definition) is 2. The standard InChI is InChI=1S/C42H48ClF2N3O4/c1-5-25(3)32(21-31(49)17-29-9-7-8-10-38(29)45)41(52)48-42(14-11-28-18-35-34(36(28)23-42)19-30(44)20-37(35)43)39(50)22-33(26(4)6-2)40(51)47-24-27-12-15-46-16-13-27/h7-10,12-13,15-16,19-20,25-26,32-33H,5-6,11,14,17-18,21-24H2,1-4H3,(H,47,51)(H,48,52)/t25?,26?,32-,33-,42-/m0/s1. The van der Waals surface area contributed by atoms with Gasteiger partial charge in [0.2, 0.25) is 11.8 Å². The second kappa shape index (κ2) is 17.1. The van der Waals surface area contributed by atoms with E-state index in [-0.39, 0.29) is 73.5 Å². The number of carbonyl (C=O) groups is 4. The van der Waals surface area contributed by atoms with E-state index in [0.29, 0.717) is 36.3 Å². The fourth-order valence-electron chi connectivity index (χ4n) is 7.58. The van der Waals surface area contributed by atoms with Crippen LogP contribution in [0, 0.1) is 35.3 Å². The molecule has 2 aliphatic rings. The number of halogens is 3. The van der Waals surface area contributed by atoms with Crippen molar-refractivity contribution in [3.8, 4) is 0 Å². The summed E-state index contributed by atoms with van der Waals surface area (Å²) in [5, 5.41) is 6.45. The summed E-state index contributed by atoms with van der Waals surface area (Å²) in [5.74, 6) is -4.04. The first-order chi connectivity index (χ1) is 24.8. The van der Waals surface area contributed by atoms with E-state index in [9.17, 15) is 28.0 Å². The Morgan fingerprint density at radius 3 is 2.27 bits per heavy atom. The smallest absolute Gasteiger partial charge is 0.224 e. The number of nitrogens with zero attached hydrogens (tertiary/aromatic N) is 1.